The van der Waals surface area contributed by atoms with Crippen LogP contribution in [0.5, 0.6) is 0 Å². The minimum Gasteiger partial charge on any atom is -0.481 e. The third-order valence-corrected chi connectivity index (χ3v) is 6.91. The van der Waals surface area contributed by atoms with E-state index in [1.807, 2.05) is 12.1 Å². The van der Waals surface area contributed by atoms with E-state index in [9.17, 15) is 14.0 Å². The average molecular weight is 425 g/mol. The van der Waals surface area contributed by atoms with Gasteiger partial charge < -0.3 is 15.7 Å². The first-order valence-electron chi connectivity index (χ1n) is 11.1. The highest BCUT2D eigenvalue weighted by molar-refractivity contribution is 5.99. The van der Waals surface area contributed by atoms with Crippen LogP contribution < -0.4 is 10.6 Å². The summed E-state index contributed by atoms with van der Waals surface area (Å²) < 4.78 is 13.2. The maximum Gasteiger partial charge on any atom is 0.323 e. The number of fused-ring (bicyclic) bond motifs is 1. The number of urea groups is 1. The number of anilines is 2. The number of rotatable bonds is 5. The summed E-state index contributed by atoms with van der Waals surface area (Å²) in [5.74, 6) is 1.16. The maximum absolute atomic E-state index is 13.2. The summed E-state index contributed by atoms with van der Waals surface area (Å²) in [7, 11) is 0. The van der Waals surface area contributed by atoms with Gasteiger partial charge in [0.25, 0.3) is 0 Å². The van der Waals surface area contributed by atoms with Gasteiger partial charge in [0.1, 0.15) is 5.82 Å². The van der Waals surface area contributed by atoms with E-state index in [1.165, 1.54) is 24.1 Å². The third kappa shape index (κ3) is 5.63. The number of nitrogens with one attached hydrogen (secondary N) is 2. The van der Waals surface area contributed by atoms with E-state index < -0.39 is 17.8 Å². The second-order valence-corrected chi connectivity index (χ2v) is 9.02. The van der Waals surface area contributed by atoms with Gasteiger partial charge >= 0.3 is 12.0 Å². The lowest BCUT2D eigenvalue weighted by Gasteiger charge is -2.42. The Labute approximate surface area is 182 Å². The molecule has 4 atom stereocenters. The van der Waals surface area contributed by atoms with Crippen LogP contribution in [0.1, 0.15) is 56.4 Å². The van der Waals surface area contributed by atoms with Crippen LogP contribution in [0.4, 0.5) is 20.6 Å². The molecule has 4 unspecified atom stereocenters. The van der Waals surface area contributed by atoms with Crippen LogP contribution in [0.3, 0.4) is 0 Å². The van der Waals surface area contributed by atoms with Gasteiger partial charge in [0.05, 0.1) is 0 Å². The van der Waals surface area contributed by atoms with Gasteiger partial charge in [0, 0.05) is 17.8 Å². The van der Waals surface area contributed by atoms with Crippen LogP contribution in [-0.4, -0.2) is 17.1 Å². The molecular formula is C25H29FN2O3. The fourth-order valence-corrected chi connectivity index (χ4v) is 5.42. The van der Waals surface area contributed by atoms with Crippen molar-refractivity contribution in [2.24, 2.45) is 17.8 Å². The Morgan fingerprint density at radius 2 is 1.61 bits per heavy atom. The normalized spacial score (nSPS) is 25.3. The van der Waals surface area contributed by atoms with Crippen LogP contribution in [0.15, 0.2) is 48.5 Å². The van der Waals surface area contributed by atoms with Crippen LogP contribution in [0, 0.1) is 23.6 Å². The maximum atomic E-state index is 13.2. The van der Waals surface area contributed by atoms with Crippen molar-refractivity contribution in [3.8, 4) is 0 Å². The van der Waals surface area contributed by atoms with Crippen molar-refractivity contribution in [3.63, 3.8) is 0 Å². The number of carbonyl (C=O) groups excluding carboxylic acids is 1. The summed E-state index contributed by atoms with van der Waals surface area (Å²) in [6.07, 6.45) is 7.01. The van der Waals surface area contributed by atoms with Crippen molar-refractivity contribution in [3.05, 3.63) is 59.9 Å². The molecule has 0 aliphatic heterocycles. The Morgan fingerprint density at radius 1 is 0.903 bits per heavy atom. The molecule has 2 aromatic carbocycles. The van der Waals surface area contributed by atoms with Crippen molar-refractivity contribution < 1.29 is 19.1 Å². The first kappa shape index (κ1) is 21.3. The van der Waals surface area contributed by atoms with E-state index >= 15 is 0 Å². The predicted octanol–water partition coefficient (Wildman–Crippen LogP) is 6.24. The van der Waals surface area contributed by atoms with Crippen molar-refractivity contribution in [2.45, 2.75) is 50.9 Å². The summed E-state index contributed by atoms with van der Waals surface area (Å²) in [5, 5.41) is 14.5. The zero-order valence-electron chi connectivity index (χ0n) is 17.5. The molecule has 2 amide bonds. The molecule has 0 radical (unpaired) electrons. The third-order valence-electron chi connectivity index (χ3n) is 6.91. The molecule has 0 saturated heterocycles. The summed E-state index contributed by atoms with van der Waals surface area (Å²) in [5.41, 5.74) is 2.40. The molecule has 6 heteroatoms. The minimum atomic E-state index is -0.671. The van der Waals surface area contributed by atoms with Crippen molar-refractivity contribution in [2.75, 3.05) is 10.6 Å². The van der Waals surface area contributed by atoms with Gasteiger partial charge in [-0.15, -0.1) is 0 Å². The monoisotopic (exact) mass is 424 g/mol. The second-order valence-electron chi connectivity index (χ2n) is 9.02. The number of carboxylic acids is 1. The number of hydrogen-bond acceptors (Lipinski definition) is 2. The summed E-state index contributed by atoms with van der Waals surface area (Å²) in [6, 6.07) is 13.4. The Balaban J connectivity index is 1.30. The Bertz CT molecular complexity index is 931. The van der Waals surface area contributed by atoms with Gasteiger partial charge in [-0.3, -0.25) is 4.79 Å². The van der Waals surface area contributed by atoms with Crippen LogP contribution >= 0.6 is 0 Å². The minimum absolute atomic E-state index is 0.313. The molecule has 2 fully saturated rings. The quantitative estimate of drug-likeness (QED) is 0.531. The van der Waals surface area contributed by atoms with Crippen molar-refractivity contribution >= 4 is 23.4 Å². The molecule has 2 aliphatic rings. The van der Waals surface area contributed by atoms with E-state index in [1.54, 1.807) is 12.1 Å². The molecule has 164 valence electrons. The molecule has 2 aliphatic carbocycles. The van der Waals surface area contributed by atoms with Gasteiger partial charge in [-0.25, -0.2) is 9.18 Å². The molecule has 4 rings (SSSR count). The fraction of sp³-hybridized carbons (Fsp3) is 0.440. The van der Waals surface area contributed by atoms with Crippen LogP contribution in [-0.2, 0) is 4.79 Å². The van der Waals surface area contributed by atoms with Gasteiger partial charge in [0.15, 0.2) is 0 Å². The highest BCUT2D eigenvalue weighted by atomic mass is 19.1. The number of amides is 2. The Morgan fingerprint density at radius 3 is 2.35 bits per heavy atom. The molecule has 5 nitrogen and oxygen atoms in total. The number of benzene rings is 2. The zero-order valence-corrected chi connectivity index (χ0v) is 17.5. The highest BCUT2D eigenvalue weighted by Gasteiger charge is 2.36. The van der Waals surface area contributed by atoms with Crippen molar-refractivity contribution in [1.82, 2.24) is 0 Å². The van der Waals surface area contributed by atoms with E-state index in [0.717, 1.165) is 32.1 Å². The number of aliphatic carboxylic acids is 1. The molecule has 0 aromatic heterocycles. The number of halogens is 1. The second kappa shape index (κ2) is 9.50. The first-order chi connectivity index (χ1) is 15.0. The topological polar surface area (TPSA) is 78.4 Å². The molecule has 3 N–H and O–H groups in total. The van der Waals surface area contributed by atoms with Gasteiger partial charge in [-0.1, -0.05) is 18.2 Å². The Kier molecular flexibility index (Phi) is 6.54. The summed E-state index contributed by atoms with van der Waals surface area (Å²) >= 11 is 0. The van der Waals surface area contributed by atoms with Gasteiger partial charge in [0.2, 0.25) is 0 Å². The Hall–Kier alpha value is -2.89. The SMILES string of the molecule is O=C(O)CC1CCC2CC(c3ccc(NC(=O)Nc4cccc(F)c4)cc3)CCC2C1. The molecule has 2 saturated carbocycles. The number of carbonyl (C=O) groups is 2. The average Bonchev–Trinajstić information content (AvgIpc) is 2.73. The molecule has 31 heavy (non-hydrogen) atoms. The molecular weight excluding hydrogens is 395 g/mol. The van der Waals surface area contributed by atoms with Gasteiger partial charge in [-0.05, 0) is 98.1 Å². The molecule has 0 spiro atoms. The number of carboxylic acid groups (broad SMARTS) is 1. The summed E-state index contributed by atoms with van der Waals surface area (Å²) in [4.78, 5) is 23.2. The highest BCUT2D eigenvalue weighted by Crippen LogP contribution is 2.48. The number of hydrogen-bond donors (Lipinski definition) is 3. The lowest BCUT2D eigenvalue weighted by Crippen LogP contribution is -2.31. The van der Waals surface area contributed by atoms with Crippen molar-refractivity contribution in [1.29, 1.82) is 0 Å². The van der Waals surface area contributed by atoms with E-state index in [4.69, 9.17) is 5.11 Å². The lowest BCUT2D eigenvalue weighted by molar-refractivity contribution is -0.138. The van der Waals surface area contributed by atoms with Crippen LogP contribution in [0.2, 0.25) is 0 Å². The summed E-state index contributed by atoms with van der Waals surface area (Å²) in [6.45, 7) is 0. The predicted molar refractivity (Wildman–Crippen MR) is 119 cm³/mol. The first-order valence-corrected chi connectivity index (χ1v) is 11.1. The standard InChI is InChI=1S/C25H29FN2O3/c26-21-2-1-3-23(15-21)28-25(31)27-22-10-8-17(9-11-22)19-7-6-18-12-16(13-24(29)30)4-5-20(18)14-19/h1-3,8-11,15-16,18-20H,4-7,12-14H2,(H,29,30)(H2,27,28,31). The lowest BCUT2D eigenvalue weighted by atomic mass is 9.63. The smallest absolute Gasteiger partial charge is 0.323 e. The molecule has 0 heterocycles. The fourth-order valence-electron chi connectivity index (χ4n) is 5.42. The molecule has 0 bridgehead atoms. The molecule has 2 aromatic rings. The van der Waals surface area contributed by atoms with E-state index in [2.05, 4.69) is 22.8 Å². The van der Waals surface area contributed by atoms with Gasteiger partial charge in [-0.2, -0.15) is 0 Å². The van der Waals surface area contributed by atoms with E-state index in [-0.39, 0.29) is 0 Å². The van der Waals surface area contributed by atoms with E-state index in [0.29, 0.717) is 41.5 Å². The largest absolute Gasteiger partial charge is 0.481 e. The van der Waals surface area contributed by atoms with Crippen LogP contribution in [0.25, 0.3) is 0 Å². The zero-order chi connectivity index (χ0) is 21.8.